The molecule has 0 radical (unpaired) electrons. The van der Waals surface area contributed by atoms with Gasteiger partial charge >= 0.3 is 6.09 Å². The monoisotopic (exact) mass is 470 g/mol. The summed E-state index contributed by atoms with van der Waals surface area (Å²) in [6.07, 6.45) is 3.02. The Bertz CT molecular complexity index is 1090. The van der Waals surface area contributed by atoms with Crippen LogP contribution in [0.5, 0.6) is 5.75 Å². The first-order chi connectivity index (χ1) is 17.1. The highest BCUT2D eigenvalue weighted by molar-refractivity contribution is 5.67. The van der Waals surface area contributed by atoms with Gasteiger partial charge < -0.3 is 19.7 Å². The molecule has 1 saturated heterocycles. The van der Waals surface area contributed by atoms with Crippen LogP contribution in [0.25, 0.3) is 0 Å². The first-order valence-corrected chi connectivity index (χ1v) is 12.7. The molecule has 182 valence electrons. The minimum atomic E-state index is -0.380. The SMILES string of the molecule is CC(Cc1ccc(C2CN(c3ccc(OCC4CC4)cc3)C2)cc1)NC(=O)OCc1ccccc1. The summed E-state index contributed by atoms with van der Waals surface area (Å²) >= 11 is 0. The maximum absolute atomic E-state index is 12.1. The highest BCUT2D eigenvalue weighted by atomic mass is 16.5. The summed E-state index contributed by atoms with van der Waals surface area (Å²) in [6, 6.07) is 27.0. The fourth-order valence-corrected chi connectivity index (χ4v) is 4.45. The number of rotatable bonds is 10. The fraction of sp³-hybridized carbons (Fsp3) is 0.367. The summed E-state index contributed by atoms with van der Waals surface area (Å²) in [5.74, 6) is 2.30. The van der Waals surface area contributed by atoms with E-state index in [2.05, 4.69) is 58.7 Å². The Morgan fingerprint density at radius 3 is 2.34 bits per heavy atom. The van der Waals surface area contributed by atoms with Gasteiger partial charge in [0.25, 0.3) is 0 Å². The molecule has 1 amide bonds. The summed E-state index contributed by atoms with van der Waals surface area (Å²) in [6.45, 7) is 5.21. The van der Waals surface area contributed by atoms with Crippen molar-refractivity contribution in [3.05, 3.63) is 95.6 Å². The van der Waals surface area contributed by atoms with Crippen molar-refractivity contribution in [1.82, 2.24) is 5.32 Å². The number of carbonyl (C=O) groups is 1. The van der Waals surface area contributed by atoms with E-state index in [4.69, 9.17) is 9.47 Å². The number of hydrogen-bond acceptors (Lipinski definition) is 4. The second-order valence-electron chi connectivity index (χ2n) is 9.90. The lowest BCUT2D eigenvalue weighted by Gasteiger charge is -2.41. The molecule has 3 aromatic rings. The summed E-state index contributed by atoms with van der Waals surface area (Å²) < 4.78 is 11.2. The van der Waals surface area contributed by atoms with Crippen molar-refractivity contribution in [3.63, 3.8) is 0 Å². The van der Waals surface area contributed by atoms with E-state index in [0.717, 1.165) is 43.3 Å². The number of amides is 1. The summed E-state index contributed by atoms with van der Waals surface area (Å²) in [7, 11) is 0. The van der Waals surface area contributed by atoms with Crippen molar-refractivity contribution in [2.24, 2.45) is 5.92 Å². The Hall–Kier alpha value is -3.47. The van der Waals surface area contributed by atoms with E-state index in [1.807, 2.05) is 37.3 Å². The second-order valence-corrected chi connectivity index (χ2v) is 9.90. The van der Waals surface area contributed by atoms with Crippen LogP contribution >= 0.6 is 0 Å². The molecule has 1 atom stereocenters. The van der Waals surface area contributed by atoms with Crippen molar-refractivity contribution in [2.75, 3.05) is 24.6 Å². The van der Waals surface area contributed by atoms with E-state index >= 15 is 0 Å². The predicted octanol–water partition coefficient (Wildman–Crippen LogP) is 5.94. The van der Waals surface area contributed by atoms with Gasteiger partial charge in [0, 0.05) is 30.7 Å². The largest absolute Gasteiger partial charge is 0.493 e. The highest BCUT2D eigenvalue weighted by Gasteiger charge is 2.28. The molecule has 5 rings (SSSR count). The van der Waals surface area contributed by atoms with Gasteiger partial charge in [-0.15, -0.1) is 0 Å². The maximum atomic E-state index is 12.1. The number of carbonyl (C=O) groups excluding carboxylic acids is 1. The number of nitrogens with one attached hydrogen (secondary N) is 1. The van der Waals surface area contributed by atoms with Gasteiger partial charge in [-0.3, -0.25) is 0 Å². The van der Waals surface area contributed by atoms with Crippen molar-refractivity contribution in [3.8, 4) is 5.75 Å². The molecule has 1 aliphatic heterocycles. The number of benzene rings is 3. The molecule has 2 fully saturated rings. The number of anilines is 1. The van der Waals surface area contributed by atoms with Crippen molar-refractivity contribution in [1.29, 1.82) is 0 Å². The highest BCUT2D eigenvalue weighted by Crippen LogP contribution is 2.33. The molecule has 35 heavy (non-hydrogen) atoms. The lowest BCUT2D eigenvalue weighted by atomic mass is 9.90. The molecule has 3 aromatic carbocycles. The third-order valence-corrected chi connectivity index (χ3v) is 6.84. The first-order valence-electron chi connectivity index (χ1n) is 12.7. The lowest BCUT2D eigenvalue weighted by Crippen LogP contribution is -2.45. The molecule has 2 aliphatic rings. The zero-order valence-corrected chi connectivity index (χ0v) is 20.4. The maximum Gasteiger partial charge on any atom is 0.407 e. The molecular weight excluding hydrogens is 436 g/mol. The number of ether oxygens (including phenoxy) is 2. The average Bonchev–Trinajstić information content (AvgIpc) is 3.68. The molecule has 1 aliphatic carbocycles. The van der Waals surface area contributed by atoms with Gasteiger partial charge in [-0.1, -0.05) is 54.6 Å². The van der Waals surface area contributed by atoms with Crippen LogP contribution in [-0.2, 0) is 17.8 Å². The van der Waals surface area contributed by atoms with Crippen LogP contribution in [0.2, 0.25) is 0 Å². The van der Waals surface area contributed by atoms with E-state index in [9.17, 15) is 4.79 Å². The summed E-state index contributed by atoms with van der Waals surface area (Å²) in [5, 5.41) is 2.93. The van der Waals surface area contributed by atoms with Gasteiger partial charge in [-0.05, 0) is 73.1 Å². The van der Waals surface area contributed by atoms with Gasteiger partial charge in [0.2, 0.25) is 0 Å². The van der Waals surface area contributed by atoms with Gasteiger partial charge in [0.1, 0.15) is 12.4 Å². The quantitative estimate of drug-likeness (QED) is 0.399. The third-order valence-electron chi connectivity index (χ3n) is 6.84. The molecule has 1 heterocycles. The van der Waals surface area contributed by atoms with Gasteiger partial charge in [0.15, 0.2) is 0 Å². The molecule has 1 saturated carbocycles. The minimum Gasteiger partial charge on any atom is -0.493 e. The summed E-state index contributed by atoms with van der Waals surface area (Å²) in [4.78, 5) is 14.5. The predicted molar refractivity (Wildman–Crippen MR) is 139 cm³/mol. The Labute approximate surface area is 208 Å². The summed E-state index contributed by atoms with van der Waals surface area (Å²) in [5.41, 5.74) is 4.82. The van der Waals surface area contributed by atoms with Crippen molar-refractivity contribution in [2.45, 2.75) is 44.8 Å². The Kier molecular flexibility index (Phi) is 7.22. The fourth-order valence-electron chi connectivity index (χ4n) is 4.45. The normalized spacial score (nSPS) is 16.3. The third kappa shape index (κ3) is 6.56. The number of hydrogen-bond donors (Lipinski definition) is 1. The Morgan fingerprint density at radius 1 is 0.943 bits per heavy atom. The molecule has 1 unspecified atom stereocenters. The van der Waals surface area contributed by atoms with Gasteiger partial charge in [0.05, 0.1) is 6.61 Å². The van der Waals surface area contributed by atoms with Crippen LogP contribution in [0.3, 0.4) is 0 Å². The van der Waals surface area contributed by atoms with Gasteiger partial charge in [-0.2, -0.15) is 0 Å². The Balaban J connectivity index is 1.03. The number of alkyl carbamates (subject to hydrolysis) is 1. The smallest absolute Gasteiger partial charge is 0.407 e. The van der Waals surface area contributed by atoms with E-state index in [-0.39, 0.29) is 18.7 Å². The second kappa shape index (κ2) is 10.9. The van der Waals surface area contributed by atoms with Crippen LogP contribution in [0.4, 0.5) is 10.5 Å². The number of nitrogens with zero attached hydrogens (tertiary/aromatic N) is 1. The molecule has 0 bridgehead atoms. The van der Waals surface area contributed by atoms with Crippen LogP contribution in [-0.4, -0.2) is 31.8 Å². The molecule has 5 nitrogen and oxygen atoms in total. The Morgan fingerprint density at radius 2 is 1.66 bits per heavy atom. The molecule has 0 aromatic heterocycles. The minimum absolute atomic E-state index is 0.000422. The first kappa shape index (κ1) is 23.3. The van der Waals surface area contributed by atoms with Gasteiger partial charge in [-0.25, -0.2) is 4.79 Å². The zero-order chi connectivity index (χ0) is 24.0. The standard InChI is InChI=1S/C30H34N2O3/c1-22(31-30(33)35-21-24-5-3-2-4-6-24)17-23-9-11-26(12-10-23)27-18-32(19-27)28-13-15-29(16-14-28)34-20-25-7-8-25/h2-6,9-16,22,25,27H,7-8,17-21H2,1H3,(H,31,33). The topological polar surface area (TPSA) is 50.8 Å². The molecule has 5 heteroatoms. The molecule has 0 spiro atoms. The van der Waals surface area contributed by atoms with E-state index in [1.54, 1.807) is 0 Å². The van der Waals surface area contributed by atoms with E-state index in [1.165, 1.54) is 29.7 Å². The van der Waals surface area contributed by atoms with Crippen LogP contribution in [0.15, 0.2) is 78.9 Å². The average molecular weight is 471 g/mol. The van der Waals surface area contributed by atoms with Crippen LogP contribution in [0.1, 0.15) is 42.4 Å². The van der Waals surface area contributed by atoms with Crippen molar-refractivity contribution >= 4 is 11.8 Å². The van der Waals surface area contributed by atoms with E-state index < -0.39 is 0 Å². The lowest BCUT2D eigenvalue weighted by molar-refractivity contribution is 0.136. The molecule has 1 N–H and O–H groups in total. The van der Waals surface area contributed by atoms with E-state index in [0.29, 0.717) is 5.92 Å². The van der Waals surface area contributed by atoms with Crippen LogP contribution in [0, 0.1) is 5.92 Å². The van der Waals surface area contributed by atoms with Crippen molar-refractivity contribution < 1.29 is 14.3 Å². The molecular formula is C30H34N2O3. The van der Waals surface area contributed by atoms with Crippen LogP contribution < -0.4 is 15.0 Å². The zero-order valence-electron chi connectivity index (χ0n) is 20.4.